The number of aliphatic hydroxyl groups is 1. The van der Waals surface area contributed by atoms with Crippen molar-refractivity contribution in [2.45, 2.75) is 25.3 Å². The molecule has 2 aromatic rings. The highest BCUT2D eigenvalue weighted by Crippen LogP contribution is 2.40. The van der Waals surface area contributed by atoms with E-state index >= 15 is 0 Å². The molecule has 3 heterocycles. The monoisotopic (exact) mass is 448 g/mol. The third-order valence-corrected chi connectivity index (χ3v) is 6.40. The minimum atomic E-state index is -0.769. The fraction of sp³-hybridized carbons (Fsp3) is 0.364. The standard InChI is InChI=1S/C22H22Cl2N2O4/c23-15-7-6-14(13-16(15)24)19-18(20(27)17-5-4-12-30-17)21(28)22(29)26(19)11-10-25-8-2-1-3-9-25/h4-7,12-13,19,28H,1-3,8-11H2. The molecule has 8 heteroatoms. The average molecular weight is 449 g/mol. The van der Waals surface area contributed by atoms with Crippen molar-refractivity contribution in [2.75, 3.05) is 26.2 Å². The van der Waals surface area contributed by atoms with E-state index in [0.29, 0.717) is 28.7 Å². The number of nitrogens with zero attached hydrogens (tertiary/aromatic N) is 2. The Labute approximate surface area is 184 Å². The van der Waals surface area contributed by atoms with Gasteiger partial charge >= 0.3 is 0 Å². The number of carbonyl (C=O) groups is 2. The number of furan rings is 1. The molecule has 0 saturated carbocycles. The molecule has 1 fully saturated rings. The first-order chi connectivity index (χ1) is 14.5. The summed E-state index contributed by atoms with van der Waals surface area (Å²) in [5.74, 6) is -1.58. The molecule has 0 aliphatic carbocycles. The molecule has 2 aliphatic heterocycles. The number of halogens is 2. The molecule has 30 heavy (non-hydrogen) atoms. The van der Waals surface area contributed by atoms with Crippen molar-refractivity contribution in [3.63, 3.8) is 0 Å². The largest absolute Gasteiger partial charge is 0.503 e. The van der Waals surface area contributed by atoms with Crippen molar-refractivity contribution in [2.24, 2.45) is 0 Å². The third-order valence-electron chi connectivity index (χ3n) is 5.66. The highest BCUT2D eigenvalue weighted by atomic mass is 35.5. The second-order valence-electron chi connectivity index (χ2n) is 7.55. The van der Waals surface area contributed by atoms with Crippen LogP contribution in [0, 0.1) is 0 Å². The molecule has 1 aromatic carbocycles. The maximum Gasteiger partial charge on any atom is 0.290 e. The van der Waals surface area contributed by atoms with Gasteiger partial charge in [-0.3, -0.25) is 9.59 Å². The average Bonchev–Trinajstić information content (AvgIpc) is 3.37. The lowest BCUT2D eigenvalue weighted by atomic mass is 9.95. The van der Waals surface area contributed by atoms with Crippen LogP contribution >= 0.6 is 23.2 Å². The Balaban J connectivity index is 1.69. The lowest BCUT2D eigenvalue weighted by Crippen LogP contribution is -2.40. The van der Waals surface area contributed by atoms with Crippen LogP contribution in [0.2, 0.25) is 10.0 Å². The summed E-state index contributed by atoms with van der Waals surface area (Å²) in [5, 5.41) is 11.3. The summed E-state index contributed by atoms with van der Waals surface area (Å²) in [5.41, 5.74) is 0.599. The summed E-state index contributed by atoms with van der Waals surface area (Å²) in [6.45, 7) is 3.01. The Morgan fingerprint density at radius 2 is 1.87 bits per heavy atom. The zero-order valence-corrected chi connectivity index (χ0v) is 17.8. The van der Waals surface area contributed by atoms with Crippen LogP contribution in [-0.2, 0) is 4.79 Å². The smallest absolute Gasteiger partial charge is 0.290 e. The number of benzene rings is 1. The number of amides is 1. The van der Waals surface area contributed by atoms with Gasteiger partial charge in [0.1, 0.15) is 0 Å². The number of likely N-dealkylation sites (tertiary alicyclic amines) is 1. The molecule has 1 N–H and O–H groups in total. The van der Waals surface area contributed by atoms with Gasteiger partial charge in [0, 0.05) is 13.1 Å². The van der Waals surface area contributed by atoms with Gasteiger partial charge in [-0.25, -0.2) is 0 Å². The third kappa shape index (κ3) is 4.00. The Kier molecular flexibility index (Phi) is 6.18. The number of aliphatic hydroxyl groups excluding tert-OH is 1. The van der Waals surface area contributed by atoms with Gasteiger partial charge in [-0.05, 0) is 55.8 Å². The normalized spacial score (nSPS) is 20.3. The number of piperidine rings is 1. The van der Waals surface area contributed by atoms with E-state index in [1.807, 2.05) is 0 Å². The minimum Gasteiger partial charge on any atom is -0.503 e. The van der Waals surface area contributed by atoms with E-state index < -0.39 is 23.5 Å². The number of Topliss-reactive ketones (excluding diaryl/α,β-unsaturated/α-hetero) is 1. The van der Waals surface area contributed by atoms with Gasteiger partial charge in [-0.2, -0.15) is 0 Å². The molecule has 158 valence electrons. The van der Waals surface area contributed by atoms with Crippen LogP contribution in [0.1, 0.15) is 41.4 Å². The summed E-state index contributed by atoms with van der Waals surface area (Å²) in [7, 11) is 0. The van der Waals surface area contributed by atoms with Crippen LogP contribution in [0.25, 0.3) is 0 Å². The quantitative estimate of drug-likeness (QED) is 0.650. The van der Waals surface area contributed by atoms with E-state index in [0.717, 1.165) is 25.9 Å². The van der Waals surface area contributed by atoms with Gasteiger partial charge in [-0.15, -0.1) is 0 Å². The van der Waals surface area contributed by atoms with Gasteiger partial charge in [0.25, 0.3) is 5.91 Å². The molecule has 2 aliphatic rings. The highest BCUT2D eigenvalue weighted by molar-refractivity contribution is 6.42. The summed E-state index contributed by atoms with van der Waals surface area (Å²) < 4.78 is 5.23. The molecule has 6 nitrogen and oxygen atoms in total. The zero-order chi connectivity index (χ0) is 21.3. The predicted octanol–water partition coefficient (Wildman–Crippen LogP) is 4.65. The van der Waals surface area contributed by atoms with Crippen molar-refractivity contribution in [3.05, 3.63) is 69.3 Å². The molecular weight excluding hydrogens is 427 g/mol. The molecule has 1 unspecified atom stereocenters. The van der Waals surface area contributed by atoms with Gasteiger partial charge < -0.3 is 19.3 Å². The van der Waals surface area contributed by atoms with Gasteiger partial charge in [0.05, 0.1) is 27.9 Å². The van der Waals surface area contributed by atoms with Gasteiger partial charge in [0.15, 0.2) is 11.5 Å². The summed E-state index contributed by atoms with van der Waals surface area (Å²) >= 11 is 12.3. The number of carbonyl (C=O) groups excluding carboxylic acids is 2. The first-order valence-electron chi connectivity index (χ1n) is 9.97. The van der Waals surface area contributed by atoms with E-state index in [2.05, 4.69) is 4.90 Å². The zero-order valence-electron chi connectivity index (χ0n) is 16.3. The minimum absolute atomic E-state index is 0.00742. The second kappa shape index (κ2) is 8.84. The number of rotatable bonds is 6. The highest BCUT2D eigenvalue weighted by Gasteiger charge is 2.44. The van der Waals surface area contributed by atoms with Crippen molar-refractivity contribution in [3.8, 4) is 0 Å². The molecule has 0 spiro atoms. The summed E-state index contributed by atoms with van der Waals surface area (Å²) in [6, 6.07) is 7.29. The van der Waals surface area contributed by atoms with E-state index in [9.17, 15) is 14.7 Å². The molecule has 1 saturated heterocycles. The van der Waals surface area contributed by atoms with E-state index in [-0.39, 0.29) is 11.3 Å². The van der Waals surface area contributed by atoms with Gasteiger partial charge in [-0.1, -0.05) is 35.7 Å². The predicted molar refractivity (Wildman–Crippen MR) is 114 cm³/mol. The van der Waals surface area contributed by atoms with Crippen LogP contribution in [0.3, 0.4) is 0 Å². The van der Waals surface area contributed by atoms with Crippen molar-refractivity contribution >= 4 is 34.9 Å². The van der Waals surface area contributed by atoms with E-state index in [4.69, 9.17) is 27.6 Å². The lowest BCUT2D eigenvalue weighted by molar-refractivity contribution is -0.129. The summed E-state index contributed by atoms with van der Waals surface area (Å²) in [4.78, 5) is 29.9. The second-order valence-corrected chi connectivity index (χ2v) is 8.36. The molecule has 4 rings (SSSR count). The maximum atomic E-state index is 13.1. The molecule has 1 atom stereocenters. The Morgan fingerprint density at radius 3 is 2.53 bits per heavy atom. The number of hydrogen-bond acceptors (Lipinski definition) is 5. The van der Waals surface area contributed by atoms with Crippen molar-refractivity contribution < 1.29 is 19.1 Å². The Morgan fingerprint density at radius 1 is 1.10 bits per heavy atom. The van der Waals surface area contributed by atoms with Crippen molar-refractivity contribution in [1.82, 2.24) is 9.80 Å². The fourth-order valence-corrected chi connectivity index (χ4v) is 4.42. The molecule has 1 aromatic heterocycles. The molecular formula is C22H22Cl2N2O4. The van der Waals surface area contributed by atoms with Crippen LogP contribution < -0.4 is 0 Å². The van der Waals surface area contributed by atoms with E-state index in [1.54, 1.807) is 24.3 Å². The lowest BCUT2D eigenvalue weighted by Gasteiger charge is -2.31. The van der Waals surface area contributed by atoms with Crippen LogP contribution in [0.15, 0.2) is 52.3 Å². The molecule has 1 amide bonds. The topological polar surface area (TPSA) is 74.0 Å². The molecule has 0 radical (unpaired) electrons. The Hall–Kier alpha value is -2.28. The maximum absolute atomic E-state index is 13.1. The summed E-state index contributed by atoms with van der Waals surface area (Å²) in [6.07, 6.45) is 4.87. The molecule has 0 bridgehead atoms. The SMILES string of the molecule is O=C(C1=C(O)C(=O)N(CCN2CCCCC2)C1c1ccc(Cl)c(Cl)c1)c1ccco1. The number of ketones is 1. The van der Waals surface area contributed by atoms with Gasteiger partial charge in [0.2, 0.25) is 5.78 Å². The number of hydrogen-bond donors (Lipinski definition) is 1. The first-order valence-corrected chi connectivity index (χ1v) is 10.7. The fourth-order valence-electron chi connectivity index (χ4n) is 4.12. The first kappa shape index (κ1) is 21.0. The van der Waals surface area contributed by atoms with Crippen molar-refractivity contribution in [1.29, 1.82) is 0 Å². The van der Waals surface area contributed by atoms with E-state index in [1.165, 1.54) is 23.7 Å². The Bertz CT molecular complexity index is 981. The van der Waals surface area contributed by atoms with Crippen LogP contribution in [0.5, 0.6) is 0 Å². The van der Waals surface area contributed by atoms with Crippen LogP contribution in [0.4, 0.5) is 0 Å². The van der Waals surface area contributed by atoms with Crippen LogP contribution in [-0.4, -0.2) is 52.8 Å².